The van der Waals surface area contributed by atoms with Crippen LogP contribution < -0.4 is 14.9 Å². The van der Waals surface area contributed by atoms with Crippen LogP contribution >= 0.6 is 12.2 Å². The second kappa shape index (κ2) is 6.88. The summed E-state index contributed by atoms with van der Waals surface area (Å²) in [4.78, 5) is 2.31. The third kappa shape index (κ3) is 3.43. The first-order chi connectivity index (χ1) is 11.5. The lowest BCUT2D eigenvalue weighted by Crippen LogP contribution is -2.33. The van der Waals surface area contributed by atoms with E-state index in [1.54, 1.807) is 31.2 Å². The van der Waals surface area contributed by atoms with Crippen molar-refractivity contribution in [2.45, 2.75) is 18.2 Å². The van der Waals surface area contributed by atoms with Gasteiger partial charge >= 0.3 is 0 Å². The molecule has 1 aliphatic rings. The van der Waals surface area contributed by atoms with E-state index in [0.29, 0.717) is 11.7 Å². The van der Waals surface area contributed by atoms with Gasteiger partial charge in [-0.3, -0.25) is 0 Å². The fourth-order valence-corrected chi connectivity index (χ4v) is 4.08. The van der Waals surface area contributed by atoms with Gasteiger partial charge in [-0.05, 0) is 54.5 Å². The summed E-state index contributed by atoms with van der Waals surface area (Å²) in [6, 6.07) is 14.8. The van der Waals surface area contributed by atoms with E-state index in [4.69, 9.17) is 12.2 Å². The topological polar surface area (TPSA) is 61.4 Å². The largest absolute Gasteiger partial charge is 0.332 e. The van der Waals surface area contributed by atoms with Crippen LogP contribution in [0.4, 0.5) is 11.4 Å². The van der Waals surface area contributed by atoms with E-state index in [0.717, 1.165) is 24.3 Å². The first-order valence-electron chi connectivity index (χ1n) is 7.77. The molecule has 0 atom stereocenters. The number of fused-ring (bicyclic) bond motifs is 1. The Bertz CT molecular complexity index is 848. The summed E-state index contributed by atoms with van der Waals surface area (Å²) in [5, 5.41) is 3.79. The first kappa shape index (κ1) is 16.9. The van der Waals surface area contributed by atoms with E-state index in [1.165, 1.54) is 5.56 Å². The maximum absolute atomic E-state index is 11.9. The number of rotatable bonds is 4. The van der Waals surface area contributed by atoms with E-state index >= 15 is 0 Å². The van der Waals surface area contributed by atoms with Gasteiger partial charge in [0, 0.05) is 24.5 Å². The molecule has 126 valence electrons. The number of hydrogen-bond acceptors (Lipinski definition) is 3. The Kier molecular flexibility index (Phi) is 4.84. The number of nitrogens with one attached hydrogen (secondary N) is 2. The molecule has 0 spiro atoms. The molecule has 2 N–H and O–H groups in total. The molecule has 24 heavy (non-hydrogen) atoms. The molecule has 0 radical (unpaired) electrons. The number of nitrogens with zero attached hydrogens (tertiary/aromatic N) is 1. The Labute approximate surface area is 147 Å². The number of hydrogen-bond donors (Lipinski definition) is 2. The molecular formula is C17H19N3O2S2. The van der Waals surface area contributed by atoms with Crippen molar-refractivity contribution in [2.24, 2.45) is 0 Å². The van der Waals surface area contributed by atoms with Crippen LogP contribution in [0.3, 0.4) is 0 Å². The summed E-state index contributed by atoms with van der Waals surface area (Å²) >= 11 is 5.50. The highest BCUT2D eigenvalue weighted by Gasteiger charge is 2.21. The van der Waals surface area contributed by atoms with Gasteiger partial charge in [0.2, 0.25) is 10.0 Å². The van der Waals surface area contributed by atoms with E-state index in [2.05, 4.69) is 27.1 Å². The van der Waals surface area contributed by atoms with Gasteiger partial charge in [-0.25, -0.2) is 13.1 Å². The average Bonchev–Trinajstić information content (AvgIpc) is 2.99. The highest BCUT2D eigenvalue weighted by atomic mass is 32.2. The van der Waals surface area contributed by atoms with E-state index in [1.807, 2.05) is 12.1 Å². The smallest absolute Gasteiger partial charge is 0.240 e. The lowest BCUT2D eigenvalue weighted by molar-refractivity contribution is 0.584. The fraction of sp³-hybridized carbons (Fsp3) is 0.235. The van der Waals surface area contributed by atoms with Gasteiger partial charge in [0.05, 0.1) is 4.90 Å². The molecule has 0 bridgehead atoms. The molecule has 5 nitrogen and oxygen atoms in total. The zero-order chi connectivity index (χ0) is 17.2. The van der Waals surface area contributed by atoms with Crippen molar-refractivity contribution in [1.29, 1.82) is 0 Å². The fourth-order valence-electron chi connectivity index (χ4n) is 2.73. The lowest BCUT2D eigenvalue weighted by Gasteiger charge is -2.21. The normalized spacial score (nSPS) is 13.6. The standard InChI is InChI=1S/C17H19N3O2S2/c1-2-18-24(21,22)15-9-7-14(8-10-15)19-17(23)20-12-11-13-5-3-4-6-16(13)20/h3-10,18H,2,11-12H2,1H3,(H,19,23). The van der Waals surface area contributed by atoms with Crippen molar-refractivity contribution in [1.82, 2.24) is 4.72 Å². The van der Waals surface area contributed by atoms with Crippen molar-refractivity contribution in [3.05, 3.63) is 54.1 Å². The molecule has 3 rings (SSSR count). The molecule has 0 amide bonds. The van der Waals surface area contributed by atoms with Gasteiger partial charge in [-0.1, -0.05) is 25.1 Å². The molecule has 0 saturated carbocycles. The maximum Gasteiger partial charge on any atom is 0.240 e. The highest BCUT2D eigenvalue weighted by Crippen LogP contribution is 2.28. The van der Waals surface area contributed by atoms with Crippen LogP contribution in [0.5, 0.6) is 0 Å². The molecule has 0 aromatic heterocycles. The van der Waals surface area contributed by atoms with E-state index in [-0.39, 0.29) is 4.90 Å². The van der Waals surface area contributed by atoms with Crippen molar-refractivity contribution >= 4 is 38.7 Å². The molecule has 2 aromatic carbocycles. The molecule has 0 fully saturated rings. The molecule has 0 unspecified atom stereocenters. The van der Waals surface area contributed by atoms with Crippen LogP contribution in [0.1, 0.15) is 12.5 Å². The minimum absolute atomic E-state index is 0.243. The molecule has 7 heteroatoms. The second-order valence-corrected chi connectivity index (χ2v) is 7.64. The van der Waals surface area contributed by atoms with Crippen LogP contribution in [0.2, 0.25) is 0 Å². The monoisotopic (exact) mass is 361 g/mol. The zero-order valence-electron chi connectivity index (χ0n) is 13.3. The Morgan fingerprint density at radius 2 is 1.88 bits per heavy atom. The van der Waals surface area contributed by atoms with Gasteiger partial charge in [-0.15, -0.1) is 0 Å². The van der Waals surface area contributed by atoms with E-state index in [9.17, 15) is 8.42 Å². The number of benzene rings is 2. The predicted molar refractivity (Wildman–Crippen MR) is 101 cm³/mol. The third-order valence-electron chi connectivity index (χ3n) is 3.88. The quantitative estimate of drug-likeness (QED) is 0.820. The number of sulfonamides is 1. The van der Waals surface area contributed by atoms with Crippen molar-refractivity contribution < 1.29 is 8.42 Å². The summed E-state index contributed by atoms with van der Waals surface area (Å²) < 4.78 is 26.4. The molecular weight excluding hydrogens is 342 g/mol. The van der Waals surface area contributed by atoms with E-state index < -0.39 is 10.0 Å². The Hall–Kier alpha value is -1.96. The summed E-state index contributed by atoms with van der Waals surface area (Å²) in [5.74, 6) is 0. The van der Waals surface area contributed by atoms with Gasteiger partial charge in [-0.2, -0.15) is 0 Å². The molecule has 0 saturated heterocycles. The van der Waals surface area contributed by atoms with Crippen molar-refractivity contribution in [3.8, 4) is 0 Å². The SMILES string of the molecule is CCNS(=O)(=O)c1ccc(NC(=S)N2CCc3ccccc32)cc1. The minimum atomic E-state index is -3.43. The number of thiocarbonyl (C=S) groups is 1. The number of para-hydroxylation sites is 1. The van der Waals surface area contributed by atoms with Gasteiger partial charge < -0.3 is 10.2 Å². The van der Waals surface area contributed by atoms with Crippen LogP contribution in [0.15, 0.2) is 53.4 Å². The number of anilines is 2. The third-order valence-corrected chi connectivity index (χ3v) is 5.77. The second-order valence-electron chi connectivity index (χ2n) is 5.49. The Morgan fingerprint density at radius 3 is 2.58 bits per heavy atom. The van der Waals surface area contributed by atoms with Gasteiger partial charge in [0.15, 0.2) is 5.11 Å². The van der Waals surface area contributed by atoms with Crippen molar-refractivity contribution in [3.63, 3.8) is 0 Å². The Balaban J connectivity index is 1.72. The van der Waals surface area contributed by atoms with Gasteiger partial charge in [0.1, 0.15) is 0 Å². The highest BCUT2D eigenvalue weighted by molar-refractivity contribution is 7.89. The zero-order valence-corrected chi connectivity index (χ0v) is 15.0. The molecule has 1 heterocycles. The average molecular weight is 361 g/mol. The summed E-state index contributed by atoms with van der Waals surface area (Å²) in [6.45, 7) is 2.96. The molecule has 0 aliphatic carbocycles. The first-order valence-corrected chi connectivity index (χ1v) is 9.66. The summed E-state index contributed by atoms with van der Waals surface area (Å²) in [6.07, 6.45) is 0.970. The van der Waals surface area contributed by atoms with Gasteiger partial charge in [0.25, 0.3) is 0 Å². The van der Waals surface area contributed by atoms with Crippen LogP contribution in [-0.4, -0.2) is 26.6 Å². The summed E-state index contributed by atoms with van der Waals surface area (Å²) in [7, 11) is -3.43. The van der Waals surface area contributed by atoms with Crippen LogP contribution in [0.25, 0.3) is 0 Å². The molecule has 1 aliphatic heterocycles. The predicted octanol–water partition coefficient (Wildman–Crippen LogP) is 2.74. The van der Waals surface area contributed by atoms with Crippen LogP contribution in [0, 0.1) is 0 Å². The lowest BCUT2D eigenvalue weighted by atomic mass is 10.2. The molecule has 2 aromatic rings. The Morgan fingerprint density at radius 1 is 1.17 bits per heavy atom. The maximum atomic E-state index is 11.9. The summed E-state index contributed by atoms with van der Waals surface area (Å²) in [5.41, 5.74) is 3.18. The van der Waals surface area contributed by atoms with Crippen molar-refractivity contribution in [2.75, 3.05) is 23.3 Å². The van der Waals surface area contributed by atoms with Crippen LogP contribution in [-0.2, 0) is 16.4 Å². The minimum Gasteiger partial charge on any atom is -0.332 e.